The average molecular weight is 524 g/mol. The molecule has 0 spiro atoms. The van der Waals surface area contributed by atoms with E-state index in [0.717, 1.165) is 91.8 Å². The number of fused-ring (bicyclic) bond motifs is 2. The fourth-order valence-corrected chi connectivity index (χ4v) is 5.51. The lowest BCUT2D eigenvalue weighted by molar-refractivity contribution is -0.111. The van der Waals surface area contributed by atoms with Gasteiger partial charge in [-0.25, -0.2) is 9.97 Å². The number of morpholine rings is 1. The highest BCUT2D eigenvalue weighted by Crippen LogP contribution is 2.38. The van der Waals surface area contributed by atoms with Gasteiger partial charge in [-0.15, -0.1) is 0 Å². The van der Waals surface area contributed by atoms with E-state index in [1.807, 2.05) is 48.2 Å². The average Bonchev–Trinajstić information content (AvgIpc) is 3.31. The molecule has 2 aliphatic rings. The highest BCUT2D eigenvalue weighted by molar-refractivity contribution is 7.99. The zero-order valence-electron chi connectivity index (χ0n) is 20.2. The quantitative estimate of drug-likeness (QED) is 0.315. The monoisotopic (exact) mass is 523 g/mol. The number of hydrogen-bond donors (Lipinski definition) is 1. The van der Waals surface area contributed by atoms with Crippen molar-refractivity contribution in [1.29, 1.82) is 0 Å². The largest absolute Gasteiger partial charge is 0.379 e. The predicted octanol–water partition coefficient (Wildman–Crippen LogP) is 4.93. The Morgan fingerprint density at radius 3 is 2.92 bits per heavy atom. The lowest BCUT2D eigenvalue weighted by Crippen LogP contribution is -2.36. The summed E-state index contributed by atoms with van der Waals surface area (Å²) in [6.45, 7) is 5.70. The van der Waals surface area contributed by atoms with Gasteiger partial charge < -0.3 is 15.0 Å². The standard InChI is InChI=1S/C27H30ClN5O2S/c28-21-5-4-20-8-10-33(25(20)17-21)27-23-18-22(6-7-24(23)29-19-30-27)31-26(34)3-1-15-36-16-2-9-32-11-13-35-14-12-32/h1,3-7,17-19H,2,8-16H2,(H,31,34). The fourth-order valence-electron chi connectivity index (χ4n) is 4.61. The van der Waals surface area contributed by atoms with E-state index in [2.05, 4.69) is 31.2 Å². The van der Waals surface area contributed by atoms with Crippen LogP contribution in [0.15, 0.2) is 54.9 Å². The molecule has 3 heterocycles. The maximum atomic E-state index is 12.5. The number of nitrogens with one attached hydrogen (secondary N) is 1. The SMILES string of the molecule is O=C(C=CCSCCCN1CCOCC1)Nc1ccc2ncnc(N3CCc4ccc(Cl)cc43)c2c1. The zero-order valence-corrected chi connectivity index (χ0v) is 21.7. The Hall–Kier alpha value is -2.65. The molecule has 9 heteroatoms. The summed E-state index contributed by atoms with van der Waals surface area (Å²) in [6, 6.07) is 11.7. The highest BCUT2D eigenvalue weighted by atomic mass is 35.5. The molecule has 0 bridgehead atoms. The van der Waals surface area contributed by atoms with Gasteiger partial charge in [0.25, 0.3) is 0 Å². The lowest BCUT2D eigenvalue weighted by Gasteiger charge is -2.26. The molecule has 7 nitrogen and oxygen atoms in total. The lowest BCUT2D eigenvalue weighted by atomic mass is 10.1. The number of halogens is 1. The fraction of sp³-hybridized carbons (Fsp3) is 0.370. The van der Waals surface area contributed by atoms with Crippen LogP contribution in [0.4, 0.5) is 17.2 Å². The predicted molar refractivity (Wildman–Crippen MR) is 149 cm³/mol. The minimum Gasteiger partial charge on any atom is -0.379 e. The number of carbonyl (C=O) groups excluding carboxylic acids is 1. The smallest absolute Gasteiger partial charge is 0.248 e. The van der Waals surface area contributed by atoms with Crippen molar-refractivity contribution in [2.24, 2.45) is 0 Å². The Kier molecular flexibility index (Phi) is 8.38. The van der Waals surface area contributed by atoms with Crippen LogP contribution in [0, 0.1) is 0 Å². The van der Waals surface area contributed by atoms with Gasteiger partial charge in [0.2, 0.25) is 5.91 Å². The molecule has 188 valence electrons. The molecule has 3 aromatic rings. The molecule has 1 amide bonds. The number of aromatic nitrogens is 2. The van der Waals surface area contributed by atoms with Crippen LogP contribution in [0.3, 0.4) is 0 Å². The second-order valence-corrected chi connectivity index (χ2v) is 10.5. The van der Waals surface area contributed by atoms with Crippen LogP contribution in [0.1, 0.15) is 12.0 Å². The summed E-state index contributed by atoms with van der Waals surface area (Å²) < 4.78 is 5.38. The zero-order chi connectivity index (χ0) is 24.7. The summed E-state index contributed by atoms with van der Waals surface area (Å²) in [4.78, 5) is 26.1. The molecule has 2 aromatic carbocycles. The third-order valence-corrected chi connectivity index (χ3v) is 7.67. The topological polar surface area (TPSA) is 70.6 Å². The second kappa shape index (κ2) is 12.1. The first-order valence-corrected chi connectivity index (χ1v) is 13.9. The Morgan fingerprint density at radius 2 is 2.03 bits per heavy atom. The number of nitrogens with zero attached hydrogens (tertiary/aromatic N) is 4. The molecule has 2 aliphatic heterocycles. The van der Waals surface area contributed by atoms with Crippen molar-refractivity contribution in [3.63, 3.8) is 0 Å². The van der Waals surface area contributed by atoms with Crippen molar-refractivity contribution in [3.05, 3.63) is 65.5 Å². The van der Waals surface area contributed by atoms with E-state index < -0.39 is 0 Å². The van der Waals surface area contributed by atoms with E-state index in [1.54, 1.807) is 12.4 Å². The number of rotatable bonds is 9. The Morgan fingerprint density at radius 1 is 1.14 bits per heavy atom. The molecule has 0 radical (unpaired) electrons. The van der Waals surface area contributed by atoms with Gasteiger partial charge in [-0.1, -0.05) is 23.7 Å². The molecule has 1 aromatic heterocycles. The first-order valence-electron chi connectivity index (χ1n) is 12.3. The van der Waals surface area contributed by atoms with Crippen LogP contribution in [-0.4, -0.2) is 71.7 Å². The van der Waals surface area contributed by atoms with Gasteiger partial charge in [-0.2, -0.15) is 11.8 Å². The normalized spacial score (nSPS) is 16.1. The second-order valence-electron chi connectivity index (χ2n) is 8.88. The third-order valence-electron chi connectivity index (χ3n) is 6.43. The number of benzene rings is 2. The van der Waals surface area contributed by atoms with Crippen LogP contribution in [0.2, 0.25) is 5.02 Å². The molecule has 0 atom stereocenters. The van der Waals surface area contributed by atoms with E-state index in [-0.39, 0.29) is 5.91 Å². The van der Waals surface area contributed by atoms with Gasteiger partial charge in [0.15, 0.2) is 0 Å². The number of hydrogen-bond acceptors (Lipinski definition) is 7. The molecular formula is C27H30ClN5O2S. The number of ether oxygens (including phenoxy) is 1. The minimum absolute atomic E-state index is 0.139. The van der Waals surface area contributed by atoms with Crippen molar-refractivity contribution < 1.29 is 9.53 Å². The first-order chi connectivity index (χ1) is 17.7. The summed E-state index contributed by atoms with van der Waals surface area (Å²) in [7, 11) is 0. The maximum Gasteiger partial charge on any atom is 0.248 e. The number of thioether (sulfide) groups is 1. The van der Waals surface area contributed by atoms with E-state index in [0.29, 0.717) is 5.02 Å². The molecule has 0 aliphatic carbocycles. The number of carbonyl (C=O) groups is 1. The highest BCUT2D eigenvalue weighted by Gasteiger charge is 2.23. The summed E-state index contributed by atoms with van der Waals surface area (Å²) >= 11 is 8.11. The van der Waals surface area contributed by atoms with Crippen LogP contribution < -0.4 is 10.2 Å². The van der Waals surface area contributed by atoms with Crippen LogP contribution in [-0.2, 0) is 16.0 Å². The minimum atomic E-state index is -0.139. The van der Waals surface area contributed by atoms with E-state index in [4.69, 9.17) is 16.3 Å². The molecule has 36 heavy (non-hydrogen) atoms. The summed E-state index contributed by atoms with van der Waals surface area (Å²) in [5, 5.41) is 4.57. The van der Waals surface area contributed by atoms with Crippen LogP contribution in [0.5, 0.6) is 0 Å². The van der Waals surface area contributed by atoms with Gasteiger partial charge in [0, 0.05) is 53.2 Å². The summed E-state index contributed by atoms with van der Waals surface area (Å²) in [5.74, 6) is 2.59. The molecule has 1 fully saturated rings. The van der Waals surface area contributed by atoms with Gasteiger partial charge in [-0.3, -0.25) is 9.69 Å². The summed E-state index contributed by atoms with van der Waals surface area (Å²) in [6.07, 6.45) is 7.21. The van der Waals surface area contributed by atoms with E-state index in [1.165, 1.54) is 5.56 Å². The molecule has 1 N–H and O–H groups in total. The Bertz CT molecular complexity index is 1250. The van der Waals surface area contributed by atoms with E-state index in [9.17, 15) is 4.79 Å². The third kappa shape index (κ3) is 6.18. The molecule has 1 saturated heterocycles. The maximum absolute atomic E-state index is 12.5. The van der Waals surface area contributed by atoms with Crippen LogP contribution >= 0.6 is 23.4 Å². The van der Waals surface area contributed by atoms with Crippen molar-refractivity contribution in [3.8, 4) is 0 Å². The number of amides is 1. The van der Waals surface area contributed by atoms with Gasteiger partial charge in [-0.05, 0) is 61.0 Å². The van der Waals surface area contributed by atoms with Gasteiger partial charge >= 0.3 is 0 Å². The summed E-state index contributed by atoms with van der Waals surface area (Å²) in [5.41, 5.74) is 3.87. The molecular weight excluding hydrogens is 494 g/mol. The van der Waals surface area contributed by atoms with E-state index >= 15 is 0 Å². The van der Waals surface area contributed by atoms with Crippen LogP contribution in [0.25, 0.3) is 10.9 Å². The van der Waals surface area contributed by atoms with Gasteiger partial charge in [0.05, 0.1) is 18.7 Å². The first kappa shape index (κ1) is 25.0. The van der Waals surface area contributed by atoms with Crippen molar-refractivity contribution in [2.45, 2.75) is 12.8 Å². The Labute approximate surface area is 220 Å². The molecule has 0 unspecified atom stereocenters. The molecule has 5 rings (SSSR count). The van der Waals surface area contributed by atoms with Crippen molar-refractivity contribution in [2.75, 3.05) is 61.1 Å². The van der Waals surface area contributed by atoms with Crippen molar-refractivity contribution in [1.82, 2.24) is 14.9 Å². The van der Waals surface area contributed by atoms with Crippen molar-refractivity contribution >= 4 is 57.4 Å². The van der Waals surface area contributed by atoms with Gasteiger partial charge in [0.1, 0.15) is 12.1 Å². The Balaban J connectivity index is 1.17. The number of anilines is 3. The molecule has 0 saturated carbocycles.